The van der Waals surface area contributed by atoms with Gasteiger partial charge in [-0.1, -0.05) is 5.16 Å². The third-order valence-electron chi connectivity index (χ3n) is 2.14. The maximum Gasteiger partial charge on any atom is 0.385 e. The molecule has 1 aliphatic rings. The second-order valence-corrected chi connectivity index (χ2v) is 10.6. The van der Waals surface area contributed by atoms with Crippen molar-refractivity contribution >= 4 is 30.0 Å². The molecule has 0 N–H and O–H groups in total. The Hall–Kier alpha value is -0.153. The van der Waals surface area contributed by atoms with Crippen molar-refractivity contribution in [2.45, 2.75) is 49.5 Å². The first-order valence-corrected chi connectivity index (χ1v) is 9.37. The van der Waals surface area contributed by atoms with E-state index in [1.54, 1.807) is 35.6 Å². The Bertz CT molecular complexity index is 367. The van der Waals surface area contributed by atoms with Crippen molar-refractivity contribution in [3.8, 4) is 0 Å². The molecule has 0 aliphatic carbocycles. The van der Waals surface area contributed by atoms with Gasteiger partial charge in [-0.05, 0) is 42.5 Å². The van der Waals surface area contributed by atoms with Gasteiger partial charge < -0.3 is 9.26 Å². The normalized spacial score (nSPS) is 25.9. The van der Waals surface area contributed by atoms with Crippen molar-refractivity contribution < 1.29 is 26.8 Å². The molecular formula is C9H14BrF4NO2Si. The average Bonchev–Trinajstić information content (AvgIpc) is 2.43. The highest BCUT2D eigenvalue weighted by Crippen LogP contribution is 2.52. The third-order valence-corrected chi connectivity index (χ3v) is 3.58. The molecule has 0 fully saturated rings. The number of alkyl halides is 5. The largest absolute Gasteiger partial charge is 0.385 e. The molecule has 0 aromatic heterocycles. The Labute approximate surface area is 112 Å². The molecule has 0 saturated carbocycles. The summed E-state index contributed by atoms with van der Waals surface area (Å²) in [6.07, 6.45) is -0.495. The maximum absolute atomic E-state index is 13.9. The lowest BCUT2D eigenvalue weighted by atomic mass is 10.0. The molecule has 1 heterocycles. The van der Waals surface area contributed by atoms with E-state index >= 15 is 0 Å². The molecule has 106 valence electrons. The van der Waals surface area contributed by atoms with E-state index in [-0.39, 0.29) is 5.71 Å². The number of hydrogen-bond donors (Lipinski definition) is 0. The second-order valence-electron chi connectivity index (χ2n) is 5.13. The van der Waals surface area contributed by atoms with E-state index in [2.05, 4.69) is 9.99 Å². The predicted octanol–water partition coefficient (Wildman–Crippen LogP) is 3.95. The Morgan fingerprint density at radius 1 is 1.33 bits per heavy atom. The molecule has 1 unspecified atom stereocenters. The van der Waals surface area contributed by atoms with Crippen LogP contribution in [0.15, 0.2) is 5.16 Å². The fourth-order valence-corrected chi connectivity index (χ4v) is 3.08. The SMILES string of the molecule is CC1=NOC(O[Si](C)(C)C)(C(F)(F)C(F)(F)Br)C1. The van der Waals surface area contributed by atoms with Crippen LogP contribution in [0, 0.1) is 0 Å². The first-order valence-electron chi connectivity index (χ1n) is 5.17. The highest BCUT2D eigenvalue weighted by molar-refractivity contribution is 9.10. The molecule has 0 radical (unpaired) electrons. The van der Waals surface area contributed by atoms with Gasteiger partial charge >= 0.3 is 16.5 Å². The standard InChI is InChI=1S/C9H14BrF4NO2Si/c1-6-5-7(16-15-6,17-18(2,3)4)8(11,12)9(10,13)14/h5H2,1-4H3. The average molecular weight is 352 g/mol. The topological polar surface area (TPSA) is 30.8 Å². The zero-order valence-electron chi connectivity index (χ0n) is 10.4. The van der Waals surface area contributed by atoms with Crippen molar-refractivity contribution in [3.63, 3.8) is 0 Å². The Balaban J connectivity index is 3.16. The van der Waals surface area contributed by atoms with Gasteiger partial charge in [0.25, 0.3) is 0 Å². The van der Waals surface area contributed by atoms with Crippen LogP contribution < -0.4 is 0 Å². The number of nitrogens with zero attached hydrogens (tertiary/aromatic N) is 1. The molecule has 0 amide bonds. The molecule has 3 nitrogen and oxygen atoms in total. The van der Waals surface area contributed by atoms with E-state index in [1.165, 1.54) is 6.92 Å². The highest BCUT2D eigenvalue weighted by atomic mass is 79.9. The van der Waals surface area contributed by atoms with Crippen LogP contribution in [0.2, 0.25) is 19.6 Å². The fourth-order valence-electron chi connectivity index (χ4n) is 1.55. The van der Waals surface area contributed by atoms with E-state index in [4.69, 9.17) is 4.43 Å². The summed E-state index contributed by atoms with van der Waals surface area (Å²) in [5.74, 6) is -7.28. The quantitative estimate of drug-likeness (QED) is 0.436. The zero-order valence-corrected chi connectivity index (χ0v) is 12.9. The Kier molecular flexibility index (Phi) is 3.93. The van der Waals surface area contributed by atoms with E-state index in [1.807, 2.05) is 0 Å². The van der Waals surface area contributed by atoms with Gasteiger partial charge in [-0.3, -0.25) is 0 Å². The minimum atomic E-state index is -4.54. The molecular weight excluding hydrogens is 338 g/mol. The Morgan fingerprint density at radius 3 is 2.11 bits per heavy atom. The Morgan fingerprint density at radius 2 is 1.83 bits per heavy atom. The third kappa shape index (κ3) is 2.88. The molecule has 1 aliphatic heterocycles. The van der Waals surface area contributed by atoms with Crippen molar-refractivity contribution in [2.24, 2.45) is 5.16 Å². The van der Waals surface area contributed by atoms with Gasteiger partial charge in [0, 0.05) is 0 Å². The van der Waals surface area contributed by atoms with Crippen LogP contribution in [-0.2, 0) is 9.26 Å². The summed E-state index contributed by atoms with van der Waals surface area (Å²) in [6.45, 7) is 6.23. The van der Waals surface area contributed by atoms with Crippen LogP contribution in [0.25, 0.3) is 0 Å². The van der Waals surface area contributed by atoms with E-state index in [9.17, 15) is 17.6 Å². The van der Waals surface area contributed by atoms with Crippen LogP contribution in [0.1, 0.15) is 13.3 Å². The van der Waals surface area contributed by atoms with E-state index in [0.29, 0.717) is 0 Å². The molecule has 0 saturated heterocycles. The van der Waals surface area contributed by atoms with Gasteiger partial charge in [-0.15, -0.1) is 0 Å². The van der Waals surface area contributed by atoms with Crippen molar-refractivity contribution in [1.82, 2.24) is 0 Å². The molecule has 1 atom stereocenters. The minimum absolute atomic E-state index is 0.185. The van der Waals surface area contributed by atoms with Crippen LogP contribution in [-0.4, -0.2) is 30.6 Å². The van der Waals surface area contributed by atoms with Gasteiger partial charge in [0.1, 0.15) is 0 Å². The van der Waals surface area contributed by atoms with Crippen LogP contribution in [0.4, 0.5) is 17.6 Å². The minimum Gasteiger partial charge on any atom is -0.375 e. The molecule has 0 aromatic carbocycles. The fraction of sp³-hybridized carbons (Fsp3) is 0.889. The molecule has 0 spiro atoms. The van der Waals surface area contributed by atoms with Crippen molar-refractivity contribution in [2.75, 3.05) is 0 Å². The predicted molar refractivity (Wildman–Crippen MR) is 64.8 cm³/mol. The summed E-state index contributed by atoms with van der Waals surface area (Å²) in [4.78, 5) is 0.116. The summed E-state index contributed by atoms with van der Waals surface area (Å²) < 4.78 is 59.1. The number of halogens is 5. The van der Waals surface area contributed by atoms with Gasteiger partial charge in [0.15, 0.2) is 8.32 Å². The monoisotopic (exact) mass is 351 g/mol. The zero-order chi connectivity index (χ0) is 14.4. The lowest BCUT2D eigenvalue weighted by Gasteiger charge is -2.40. The maximum atomic E-state index is 13.9. The van der Waals surface area contributed by atoms with Gasteiger partial charge in [-0.2, -0.15) is 17.6 Å². The highest BCUT2D eigenvalue weighted by Gasteiger charge is 2.73. The molecule has 1 rings (SSSR count). The molecule has 9 heteroatoms. The lowest BCUT2D eigenvalue weighted by molar-refractivity contribution is -0.335. The van der Waals surface area contributed by atoms with E-state index < -0.39 is 31.3 Å². The number of oxime groups is 1. The summed E-state index contributed by atoms with van der Waals surface area (Å²) in [5, 5.41) is 3.33. The smallest absolute Gasteiger partial charge is 0.375 e. The molecule has 18 heavy (non-hydrogen) atoms. The van der Waals surface area contributed by atoms with E-state index in [0.717, 1.165) is 0 Å². The summed E-state index contributed by atoms with van der Waals surface area (Å²) in [7, 11) is -2.55. The summed E-state index contributed by atoms with van der Waals surface area (Å²) >= 11 is 1.69. The van der Waals surface area contributed by atoms with Crippen LogP contribution >= 0.6 is 15.9 Å². The second kappa shape index (κ2) is 4.45. The first kappa shape index (κ1) is 15.9. The number of rotatable bonds is 4. The summed E-state index contributed by atoms with van der Waals surface area (Å²) in [6, 6.07) is 0. The molecule has 0 bridgehead atoms. The summed E-state index contributed by atoms with van der Waals surface area (Å²) in [5.41, 5.74) is 0.185. The van der Waals surface area contributed by atoms with Crippen LogP contribution in [0.5, 0.6) is 0 Å². The van der Waals surface area contributed by atoms with Crippen LogP contribution in [0.3, 0.4) is 0 Å². The number of hydrogen-bond acceptors (Lipinski definition) is 3. The molecule has 0 aromatic rings. The lowest BCUT2D eigenvalue weighted by Crippen LogP contribution is -2.61. The first-order chi connectivity index (χ1) is 7.81. The van der Waals surface area contributed by atoms with Crippen molar-refractivity contribution in [1.29, 1.82) is 0 Å². The van der Waals surface area contributed by atoms with Crippen molar-refractivity contribution in [3.05, 3.63) is 0 Å². The van der Waals surface area contributed by atoms with Gasteiger partial charge in [-0.25, -0.2) is 0 Å². The van der Waals surface area contributed by atoms with Gasteiger partial charge in [0.2, 0.25) is 0 Å². The van der Waals surface area contributed by atoms with Gasteiger partial charge in [0.05, 0.1) is 12.1 Å².